The Labute approximate surface area is 241 Å². The van der Waals surface area contributed by atoms with E-state index < -0.39 is 0 Å². The van der Waals surface area contributed by atoms with Gasteiger partial charge in [-0.15, -0.1) is 0 Å². The van der Waals surface area contributed by atoms with Gasteiger partial charge in [-0.3, -0.25) is 0 Å². The summed E-state index contributed by atoms with van der Waals surface area (Å²) in [6.45, 7) is 19.7. The molecule has 3 aromatic rings. The zero-order valence-corrected chi connectivity index (χ0v) is 26.7. The first-order valence-electron chi connectivity index (χ1n) is 15.0. The summed E-state index contributed by atoms with van der Waals surface area (Å²) >= 11 is 5.99. The Balaban J connectivity index is 0.000000254. The minimum atomic E-state index is 0.921. The second-order valence-corrected chi connectivity index (χ2v) is 11.4. The molecule has 0 aliphatic heterocycles. The van der Waals surface area contributed by atoms with Crippen LogP contribution in [0.3, 0.4) is 0 Å². The second kappa shape index (κ2) is 19.1. The van der Waals surface area contributed by atoms with Gasteiger partial charge in [-0.2, -0.15) is 0 Å². The molecule has 1 aliphatic carbocycles. The van der Waals surface area contributed by atoms with E-state index in [-0.39, 0.29) is 0 Å². The predicted molar refractivity (Wildman–Crippen MR) is 173 cm³/mol. The maximum atomic E-state index is 5.99. The molecule has 0 amide bonds. The number of rotatable bonds is 4. The van der Waals surface area contributed by atoms with Crippen molar-refractivity contribution >= 4 is 11.6 Å². The third kappa shape index (κ3) is 12.7. The SMILES string of the molecule is CCC1CCC(C)CC1.CCc1cccc(C)c1.CCc1cccc(C)c1C.CCc1cccc(C)c1Cl. The average molecular weight is 535 g/mol. The quantitative estimate of drug-likeness (QED) is 0.312. The van der Waals surface area contributed by atoms with Gasteiger partial charge >= 0.3 is 0 Å². The van der Waals surface area contributed by atoms with E-state index >= 15 is 0 Å². The second-order valence-electron chi connectivity index (χ2n) is 11.0. The van der Waals surface area contributed by atoms with Crippen molar-refractivity contribution in [1.82, 2.24) is 0 Å². The smallest absolute Gasteiger partial charge is 0.0467 e. The van der Waals surface area contributed by atoms with E-state index in [4.69, 9.17) is 11.6 Å². The van der Waals surface area contributed by atoms with Gasteiger partial charge in [0.1, 0.15) is 0 Å². The van der Waals surface area contributed by atoms with Crippen LogP contribution in [-0.4, -0.2) is 0 Å². The molecule has 1 aliphatic rings. The molecular weight excluding hydrogens is 480 g/mol. The van der Waals surface area contributed by atoms with Gasteiger partial charge in [0.25, 0.3) is 0 Å². The molecule has 4 rings (SSSR count). The lowest BCUT2D eigenvalue weighted by Crippen LogP contribution is -2.10. The summed E-state index contributed by atoms with van der Waals surface area (Å²) in [4.78, 5) is 0. The van der Waals surface area contributed by atoms with E-state index in [1.54, 1.807) is 0 Å². The van der Waals surface area contributed by atoms with Gasteiger partial charge in [0.2, 0.25) is 0 Å². The summed E-state index contributed by atoms with van der Waals surface area (Å²) in [7, 11) is 0. The van der Waals surface area contributed by atoms with Crippen LogP contribution in [0.15, 0.2) is 60.7 Å². The molecule has 1 saturated carbocycles. The summed E-state index contributed by atoms with van der Waals surface area (Å²) in [6.07, 6.45) is 10.7. The summed E-state index contributed by atoms with van der Waals surface area (Å²) < 4.78 is 0. The highest BCUT2D eigenvalue weighted by Gasteiger charge is 2.15. The van der Waals surface area contributed by atoms with E-state index in [0.29, 0.717) is 0 Å². The van der Waals surface area contributed by atoms with Crippen LogP contribution in [0, 0.1) is 39.5 Å². The van der Waals surface area contributed by atoms with Crippen molar-refractivity contribution in [3.8, 4) is 0 Å². The van der Waals surface area contributed by atoms with Crippen molar-refractivity contribution < 1.29 is 0 Å². The summed E-state index contributed by atoms with van der Waals surface area (Å²) in [5, 5.41) is 0.921. The summed E-state index contributed by atoms with van der Waals surface area (Å²) in [6, 6.07) is 21.2. The van der Waals surface area contributed by atoms with Crippen molar-refractivity contribution in [2.45, 2.75) is 114 Å². The van der Waals surface area contributed by atoms with Gasteiger partial charge < -0.3 is 0 Å². The highest BCUT2D eigenvalue weighted by Crippen LogP contribution is 2.29. The third-order valence-electron chi connectivity index (χ3n) is 7.95. The largest absolute Gasteiger partial charge is 0.0838 e. The fourth-order valence-corrected chi connectivity index (χ4v) is 5.11. The molecule has 0 heterocycles. The first kappa shape index (κ1) is 34.0. The fourth-order valence-electron chi connectivity index (χ4n) is 4.85. The van der Waals surface area contributed by atoms with E-state index in [2.05, 4.69) is 104 Å². The van der Waals surface area contributed by atoms with E-state index in [1.165, 1.54) is 71.0 Å². The van der Waals surface area contributed by atoms with Crippen LogP contribution in [0.1, 0.15) is 106 Å². The van der Waals surface area contributed by atoms with Gasteiger partial charge in [0, 0.05) is 5.02 Å². The van der Waals surface area contributed by atoms with Crippen molar-refractivity contribution in [3.05, 3.63) is 105 Å². The molecule has 3 aromatic carbocycles. The molecule has 0 spiro atoms. The van der Waals surface area contributed by atoms with Crippen molar-refractivity contribution in [2.24, 2.45) is 11.8 Å². The molecule has 0 bridgehead atoms. The summed E-state index contributed by atoms with van der Waals surface area (Å²) in [5.74, 6) is 2.09. The monoisotopic (exact) mass is 534 g/mol. The van der Waals surface area contributed by atoms with Crippen LogP contribution < -0.4 is 0 Å². The summed E-state index contributed by atoms with van der Waals surface area (Å²) in [5.41, 5.74) is 9.51. The lowest BCUT2D eigenvalue weighted by Gasteiger charge is -2.24. The normalized spacial score (nSPS) is 16.2. The Kier molecular flexibility index (Phi) is 17.1. The molecule has 1 heteroatoms. The molecule has 0 saturated heterocycles. The highest BCUT2D eigenvalue weighted by atomic mass is 35.5. The molecule has 0 aromatic heterocycles. The lowest BCUT2D eigenvalue weighted by molar-refractivity contribution is 0.284. The first-order chi connectivity index (χ1) is 18.2. The molecule has 0 radical (unpaired) electrons. The molecule has 210 valence electrons. The Hall–Kier alpha value is -2.05. The van der Waals surface area contributed by atoms with Crippen LogP contribution in [-0.2, 0) is 19.3 Å². The maximum Gasteiger partial charge on any atom is 0.0467 e. The highest BCUT2D eigenvalue weighted by molar-refractivity contribution is 6.32. The van der Waals surface area contributed by atoms with Crippen LogP contribution in [0.25, 0.3) is 0 Å². The van der Waals surface area contributed by atoms with E-state index in [9.17, 15) is 0 Å². The predicted octanol–water partition coefficient (Wildman–Crippen LogP) is 11.9. The molecule has 0 N–H and O–H groups in total. The van der Waals surface area contributed by atoms with Crippen LogP contribution in [0.4, 0.5) is 0 Å². The van der Waals surface area contributed by atoms with Gasteiger partial charge in [-0.25, -0.2) is 0 Å². The van der Waals surface area contributed by atoms with Gasteiger partial charge in [-0.05, 0) is 92.2 Å². The Bertz CT molecular complexity index is 989. The number of halogens is 1. The standard InChI is InChI=1S/C10H14.C9H11Cl.C9H18.C9H12/c1-4-10-7-5-6-8(2)9(10)3;1-3-8-6-4-5-7(2)9(8)10;1-3-9-6-4-8(2)5-7-9;1-3-9-6-4-5-8(2)7-9/h5-7H,4H2,1-3H3;4-6H,3H2,1-2H3;8-9H,3-7H2,1-2H3;4-7H,3H2,1-2H3. The van der Waals surface area contributed by atoms with Gasteiger partial charge in [0.15, 0.2) is 0 Å². The molecule has 38 heavy (non-hydrogen) atoms. The van der Waals surface area contributed by atoms with Gasteiger partial charge in [-0.1, -0.05) is 145 Å². The number of aryl methyl sites for hydroxylation is 6. The van der Waals surface area contributed by atoms with Crippen LogP contribution in [0.5, 0.6) is 0 Å². The zero-order chi connectivity index (χ0) is 28.5. The van der Waals surface area contributed by atoms with Crippen molar-refractivity contribution in [3.63, 3.8) is 0 Å². The first-order valence-corrected chi connectivity index (χ1v) is 15.4. The molecule has 0 unspecified atom stereocenters. The molecule has 1 fully saturated rings. The van der Waals surface area contributed by atoms with Crippen LogP contribution >= 0.6 is 11.6 Å². The minimum absolute atomic E-state index is 0.921. The topological polar surface area (TPSA) is 0 Å². The minimum Gasteiger partial charge on any atom is -0.0838 e. The fraction of sp³-hybridized carbons (Fsp3) is 0.514. The van der Waals surface area contributed by atoms with Crippen LogP contribution in [0.2, 0.25) is 5.02 Å². The Morgan fingerprint density at radius 1 is 0.658 bits per heavy atom. The molecule has 0 nitrogen and oxygen atoms in total. The zero-order valence-electron chi connectivity index (χ0n) is 26.0. The molecular formula is C37H55Cl. The average Bonchev–Trinajstić information content (AvgIpc) is 2.93. The van der Waals surface area contributed by atoms with E-state index in [1.807, 2.05) is 19.1 Å². The Morgan fingerprint density at radius 2 is 1.21 bits per heavy atom. The lowest BCUT2D eigenvalue weighted by atomic mass is 9.82. The number of hydrogen-bond donors (Lipinski definition) is 0. The third-order valence-corrected chi connectivity index (χ3v) is 8.49. The van der Waals surface area contributed by atoms with Crippen molar-refractivity contribution in [2.75, 3.05) is 0 Å². The molecule has 0 atom stereocenters. The maximum absolute atomic E-state index is 5.99. The van der Waals surface area contributed by atoms with Crippen molar-refractivity contribution in [1.29, 1.82) is 0 Å². The number of hydrogen-bond acceptors (Lipinski definition) is 0. The van der Waals surface area contributed by atoms with E-state index in [0.717, 1.165) is 36.1 Å². The Morgan fingerprint density at radius 3 is 1.66 bits per heavy atom. The van der Waals surface area contributed by atoms with Gasteiger partial charge in [0.05, 0.1) is 0 Å². The number of benzene rings is 3.